The van der Waals surface area contributed by atoms with Gasteiger partial charge < -0.3 is 10.8 Å². The van der Waals surface area contributed by atoms with Gasteiger partial charge in [-0.1, -0.05) is 26.7 Å². The molecule has 4 fully saturated rings. The highest BCUT2D eigenvalue weighted by Gasteiger charge is 2.63. The lowest BCUT2D eigenvalue weighted by atomic mass is 9.44. The first-order valence-electron chi connectivity index (χ1n) is 10.8. The summed E-state index contributed by atoms with van der Waals surface area (Å²) in [6.45, 7) is 5.03. The summed E-state index contributed by atoms with van der Waals surface area (Å²) >= 11 is 0. The highest BCUT2D eigenvalue weighted by molar-refractivity contribution is 5.66. The molecule has 142 valence electrons. The summed E-state index contributed by atoms with van der Waals surface area (Å²) in [4.78, 5) is 11.1. The summed E-state index contributed by atoms with van der Waals surface area (Å²) in [7, 11) is 0. The van der Waals surface area contributed by atoms with Crippen molar-refractivity contribution in [1.82, 2.24) is 0 Å². The van der Waals surface area contributed by atoms with Crippen LogP contribution in [0.3, 0.4) is 0 Å². The van der Waals surface area contributed by atoms with Crippen LogP contribution in [0, 0.1) is 34.5 Å². The van der Waals surface area contributed by atoms with Crippen molar-refractivity contribution in [3.63, 3.8) is 0 Å². The van der Waals surface area contributed by atoms with E-state index in [2.05, 4.69) is 13.8 Å². The van der Waals surface area contributed by atoms with E-state index in [4.69, 9.17) is 10.8 Å². The van der Waals surface area contributed by atoms with Crippen LogP contribution in [-0.4, -0.2) is 16.6 Å². The first kappa shape index (κ1) is 17.8. The molecule has 3 nitrogen and oxygen atoms in total. The normalized spacial score (nSPS) is 52.1. The average molecular weight is 348 g/mol. The SMILES string of the molecule is C[C@]12CCCCC1CC[C@@H]1[C@H]2CC[C@@]2(C)[C@H]1CCC2(N)CCC(=O)O. The zero-order valence-electron chi connectivity index (χ0n) is 16.2. The third-order valence-electron chi connectivity index (χ3n) is 9.80. The van der Waals surface area contributed by atoms with E-state index in [0.29, 0.717) is 11.8 Å². The molecule has 7 atom stereocenters. The van der Waals surface area contributed by atoms with Crippen LogP contribution < -0.4 is 5.73 Å². The molecule has 4 aliphatic rings. The average Bonchev–Trinajstić information content (AvgIpc) is 2.84. The van der Waals surface area contributed by atoms with Crippen LogP contribution in [0.15, 0.2) is 0 Å². The molecule has 3 N–H and O–H groups in total. The predicted octanol–water partition coefficient (Wildman–Crippen LogP) is 4.98. The molecule has 0 spiro atoms. The van der Waals surface area contributed by atoms with Gasteiger partial charge in [0.2, 0.25) is 0 Å². The summed E-state index contributed by atoms with van der Waals surface area (Å²) in [5.74, 6) is 2.73. The molecular formula is C22H37NO2. The third-order valence-corrected chi connectivity index (χ3v) is 9.80. The summed E-state index contributed by atoms with van der Waals surface area (Å²) in [6, 6.07) is 0. The summed E-state index contributed by atoms with van der Waals surface area (Å²) < 4.78 is 0. The molecule has 0 radical (unpaired) electrons. The van der Waals surface area contributed by atoms with Crippen molar-refractivity contribution in [3.8, 4) is 0 Å². The van der Waals surface area contributed by atoms with Crippen LogP contribution in [-0.2, 0) is 4.79 Å². The van der Waals surface area contributed by atoms with Crippen LogP contribution in [0.5, 0.6) is 0 Å². The van der Waals surface area contributed by atoms with Gasteiger partial charge in [0, 0.05) is 12.0 Å². The Morgan fingerprint density at radius 1 is 1.00 bits per heavy atom. The molecule has 4 aliphatic carbocycles. The summed E-state index contributed by atoms with van der Waals surface area (Å²) in [6.07, 6.45) is 14.3. The summed E-state index contributed by atoms with van der Waals surface area (Å²) in [5.41, 5.74) is 7.39. The molecule has 0 aliphatic heterocycles. The molecule has 0 aromatic heterocycles. The highest BCUT2D eigenvalue weighted by Crippen LogP contribution is 2.68. The molecule has 2 unspecified atom stereocenters. The largest absolute Gasteiger partial charge is 0.481 e. The van der Waals surface area contributed by atoms with Crippen LogP contribution in [0.1, 0.15) is 90.9 Å². The van der Waals surface area contributed by atoms with Gasteiger partial charge in [-0.2, -0.15) is 0 Å². The molecule has 0 aromatic carbocycles. The quantitative estimate of drug-likeness (QED) is 0.756. The first-order chi connectivity index (χ1) is 11.8. The summed E-state index contributed by atoms with van der Waals surface area (Å²) in [5, 5.41) is 9.16. The Balaban J connectivity index is 1.58. The van der Waals surface area contributed by atoms with Crippen molar-refractivity contribution in [3.05, 3.63) is 0 Å². The second-order valence-corrected chi connectivity index (χ2v) is 10.4. The van der Waals surface area contributed by atoms with Gasteiger partial charge in [-0.15, -0.1) is 0 Å². The number of carboxylic acids is 1. The molecule has 0 saturated heterocycles. The molecular weight excluding hydrogens is 310 g/mol. The van der Waals surface area contributed by atoms with E-state index in [1.54, 1.807) is 0 Å². The first-order valence-corrected chi connectivity index (χ1v) is 10.8. The lowest BCUT2D eigenvalue weighted by Crippen LogP contribution is -2.59. The van der Waals surface area contributed by atoms with Gasteiger partial charge in [0.25, 0.3) is 0 Å². The minimum Gasteiger partial charge on any atom is -0.481 e. The Morgan fingerprint density at radius 2 is 1.76 bits per heavy atom. The molecule has 4 rings (SSSR count). The number of carboxylic acid groups (broad SMARTS) is 1. The van der Waals surface area contributed by atoms with Gasteiger partial charge in [0.05, 0.1) is 0 Å². The lowest BCUT2D eigenvalue weighted by molar-refractivity contribution is -0.138. The number of rotatable bonds is 3. The molecule has 0 amide bonds. The van der Waals surface area contributed by atoms with Gasteiger partial charge in [-0.05, 0) is 92.3 Å². The maximum absolute atomic E-state index is 11.1. The Kier molecular flexibility index (Phi) is 4.26. The van der Waals surface area contributed by atoms with Gasteiger partial charge in [-0.3, -0.25) is 4.79 Å². The second-order valence-electron chi connectivity index (χ2n) is 10.4. The van der Waals surface area contributed by atoms with E-state index in [0.717, 1.165) is 30.1 Å². The smallest absolute Gasteiger partial charge is 0.303 e. The monoisotopic (exact) mass is 347 g/mol. The number of carbonyl (C=O) groups is 1. The zero-order valence-corrected chi connectivity index (χ0v) is 16.2. The number of hydrogen-bond acceptors (Lipinski definition) is 2. The molecule has 0 bridgehead atoms. The number of aliphatic carboxylic acids is 1. The minimum absolute atomic E-state index is 0.154. The Labute approximate surface area is 153 Å². The van der Waals surface area contributed by atoms with E-state index < -0.39 is 5.97 Å². The molecule has 4 saturated carbocycles. The standard InChI is InChI=1S/C22H37NO2/c1-20-11-4-3-5-15(20)6-7-16-17(20)8-12-21(2)18(16)9-13-22(21,23)14-10-19(24)25/h15-18H,3-14,23H2,1-2H3,(H,24,25)/t15?,16-,17-,18+,20+,21+,22?/m1/s1. The molecule has 0 aromatic rings. The third kappa shape index (κ3) is 2.51. The van der Waals surface area contributed by atoms with Crippen LogP contribution in [0.2, 0.25) is 0 Å². The second kappa shape index (κ2) is 5.97. The van der Waals surface area contributed by atoms with Crippen molar-refractivity contribution >= 4 is 5.97 Å². The maximum atomic E-state index is 11.1. The Morgan fingerprint density at radius 3 is 2.52 bits per heavy atom. The minimum atomic E-state index is -0.694. The number of nitrogens with two attached hydrogens (primary N) is 1. The maximum Gasteiger partial charge on any atom is 0.303 e. The van der Waals surface area contributed by atoms with E-state index in [-0.39, 0.29) is 17.4 Å². The van der Waals surface area contributed by atoms with Crippen molar-refractivity contribution in [2.75, 3.05) is 0 Å². The fraction of sp³-hybridized carbons (Fsp3) is 0.955. The Bertz CT molecular complexity index is 548. The van der Waals surface area contributed by atoms with E-state index in [1.165, 1.54) is 57.8 Å². The number of fused-ring (bicyclic) bond motifs is 5. The van der Waals surface area contributed by atoms with Crippen molar-refractivity contribution in [2.24, 2.45) is 40.2 Å². The fourth-order valence-electron chi connectivity index (χ4n) is 8.21. The van der Waals surface area contributed by atoms with E-state index >= 15 is 0 Å². The van der Waals surface area contributed by atoms with Crippen LogP contribution in [0.4, 0.5) is 0 Å². The van der Waals surface area contributed by atoms with E-state index in [9.17, 15) is 4.79 Å². The molecule has 25 heavy (non-hydrogen) atoms. The van der Waals surface area contributed by atoms with Gasteiger partial charge in [0.1, 0.15) is 0 Å². The lowest BCUT2D eigenvalue weighted by Gasteiger charge is -2.61. The topological polar surface area (TPSA) is 63.3 Å². The zero-order chi connectivity index (χ0) is 17.9. The van der Waals surface area contributed by atoms with Gasteiger partial charge in [-0.25, -0.2) is 0 Å². The fourth-order valence-corrected chi connectivity index (χ4v) is 8.21. The number of hydrogen-bond donors (Lipinski definition) is 2. The van der Waals surface area contributed by atoms with E-state index in [1.807, 2.05) is 0 Å². The highest BCUT2D eigenvalue weighted by atomic mass is 16.4. The van der Waals surface area contributed by atoms with Gasteiger partial charge in [0.15, 0.2) is 0 Å². The Hall–Kier alpha value is -0.570. The molecule has 3 heteroatoms. The van der Waals surface area contributed by atoms with Crippen molar-refractivity contribution in [1.29, 1.82) is 0 Å². The van der Waals surface area contributed by atoms with Crippen LogP contribution >= 0.6 is 0 Å². The van der Waals surface area contributed by atoms with Crippen LogP contribution in [0.25, 0.3) is 0 Å². The van der Waals surface area contributed by atoms with Gasteiger partial charge >= 0.3 is 5.97 Å². The van der Waals surface area contributed by atoms with Crippen molar-refractivity contribution < 1.29 is 9.90 Å². The molecule has 0 heterocycles. The predicted molar refractivity (Wildman–Crippen MR) is 100 cm³/mol. The van der Waals surface area contributed by atoms with Crippen molar-refractivity contribution in [2.45, 2.75) is 96.4 Å².